The molecule has 1 N–H and O–H groups in total. The topological polar surface area (TPSA) is 42.7 Å². The molecule has 0 aliphatic heterocycles. The van der Waals surface area contributed by atoms with Gasteiger partial charge in [-0.1, -0.05) is 59.6 Å². The number of rotatable bonds is 6. The first kappa shape index (κ1) is 20.7. The number of nitrogens with one attached hydrogen (secondary N) is 1. The Bertz CT molecular complexity index is 1080. The van der Waals surface area contributed by atoms with Crippen LogP contribution < -0.4 is 5.32 Å². The van der Waals surface area contributed by atoms with Gasteiger partial charge in [-0.2, -0.15) is 15.0 Å². The molecular weight excluding hydrogens is 439 g/mol. The monoisotopic (exact) mass is 466 g/mol. The fourth-order valence-corrected chi connectivity index (χ4v) is 6.99. The Morgan fingerprint density at radius 3 is 2.25 bits per heavy atom. The fourth-order valence-electron chi connectivity index (χ4n) is 6.67. The molecule has 4 saturated carbocycles. The lowest BCUT2D eigenvalue weighted by atomic mass is 9.54. The summed E-state index contributed by atoms with van der Waals surface area (Å²) in [6.45, 7) is 1.33. The summed E-state index contributed by atoms with van der Waals surface area (Å²) in [6, 6.07) is 16.7. The molecule has 6 heteroatoms. The smallest absolute Gasteiger partial charge is 0.117 e. The summed E-state index contributed by atoms with van der Waals surface area (Å²) in [5, 5.41) is 14.8. The molecule has 0 saturated heterocycles. The van der Waals surface area contributed by atoms with Gasteiger partial charge in [0.25, 0.3) is 0 Å². The minimum Gasteiger partial charge on any atom is -0.308 e. The molecule has 166 valence electrons. The molecular formula is C26H28Cl2N4. The molecule has 0 spiro atoms. The fraction of sp³-hybridized carbons (Fsp3) is 0.462. The van der Waals surface area contributed by atoms with Crippen molar-refractivity contribution in [1.29, 1.82) is 0 Å². The van der Waals surface area contributed by atoms with E-state index in [1.54, 1.807) is 4.80 Å². The van der Waals surface area contributed by atoms with Gasteiger partial charge in [0.05, 0.1) is 16.6 Å². The lowest BCUT2D eigenvalue weighted by Gasteiger charge is -2.54. The van der Waals surface area contributed by atoms with Crippen LogP contribution in [-0.2, 0) is 13.1 Å². The normalized spacial score (nSPS) is 28.4. The summed E-state index contributed by atoms with van der Waals surface area (Å²) >= 11 is 12.3. The average Bonchev–Trinajstić information content (AvgIpc) is 3.18. The largest absolute Gasteiger partial charge is 0.308 e. The number of hydrogen-bond donors (Lipinski definition) is 1. The summed E-state index contributed by atoms with van der Waals surface area (Å²) in [5.41, 5.74) is 4.12. The number of benzene rings is 2. The van der Waals surface area contributed by atoms with Gasteiger partial charge in [-0.15, -0.1) is 0 Å². The van der Waals surface area contributed by atoms with Crippen LogP contribution in [0, 0.1) is 23.7 Å². The minimum atomic E-state index is 0.559. The number of aromatic nitrogens is 3. The Balaban J connectivity index is 1.24. The van der Waals surface area contributed by atoms with E-state index >= 15 is 0 Å². The Kier molecular flexibility index (Phi) is 5.49. The van der Waals surface area contributed by atoms with E-state index in [9.17, 15) is 0 Å². The molecule has 4 bridgehead atoms. The lowest BCUT2D eigenvalue weighted by Crippen LogP contribution is -2.54. The zero-order valence-corrected chi connectivity index (χ0v) is 19.6. The van der Waals surface area contributed by atoms with Crippen molar-refractivity contribution in [3.05, 3.63) is 69.8 Å². The highest BCUT2D eigenvalue weighted by Crippen LogP contribution is 2.53. The summed E-state index contributed by atoms with van der Waals surface area (Å²) < 4.78 is 0. The molecule has 7 rings (SSSR count). The molecule has 4 aliphatic rings. The number of halogens is 2. The van der Waals surface area contributed by atoms with Crippen LogP contribution in [0.3, 0.4) is 0 Å². The quantitative estimate of drug-likeness (QED) is 0.469. The maximum Gasteiger partial charge on any atom is 0.117 e. The van der Waals surface area contributed by atoms with Crippen LogP contribution in [0.4, 0.5) is 0 Å². The van der Waals surface area contributed by atoms with Gasteiger partial charge in [-0.3, -0.25) is 0 Å². The van der Waals surface area contributed by atoms with Crippen LogP contribution in [0.2, 0.25) is 10.0 Å². The maximum absolute atomic E-state index is 6.22. The molecule has 32 heavy (non-hydrogen) atoms. The van der Waals surface area contributed by atoms with Crippen molar-refractivity contribution in [2.75, 3.05) is 0 Å². The highest BCUT2D eigenvalue weighted by Gasteiger charge is 2.47. The van der Waals surface area contributed by atoms with Crippen molar-refractivity contribution in [2.24, 2.45) is 23.7 Å². The third-order valence-corrected chi connectivity index (χ3v) is 8.55. The van der Waals surface area contributed by atoms with E-state index in [0.717, 1.165) is 52.7 Å². The van der Waals surface area contributed by atoms with Crippen LogP contribution in [0.25, 0.3) is 11.3 Å². The standard InChI is InChI=1S/C26H28Cl2N4/c27-22-7-6-16(13-23(22)28)15-32-30-24(26(31-32)19-4-2-1-3-5-19)14-29-25-20-9-17-8-18(11-20)12-21(25)10-17/h1-7,13,17-18,20-21,25,29H,8-12,14-15H2. The zero-order valence-electron chi connectivity index (χ0n) is 18.1. The Hall–Kier alpha value is -1.88. The van der Waals surface area contributed by atoms with Crippen molar-refractivity contribution in [2.45, 2.75) is 51.2 Å². The Morgan fingerprint density at radius 1 is 0.844 bits per heavy atom. The summed E-state index contributed by atoms with van der Waals surface area (Å²) in [5.74, 6) is 3.67. The van der Waals surface area contributed by atoms with Gasteiger partial charge >= 0.3 is 0 Å². The molecule has 0 unspecified atom stereocenters. The predicted octanol–water partition coefficient (Wildman–Crippen LogP) is 6.21. The van der Waals surface area contributed by atoms with Gasteiger partial charge in [0.15, 0.2) is 0 Å². The molecule has 1 heterocycles. The maximum atomic E-state index is 6.22. The molecule has 1 aromatic heterocycles. The highest BCUT2D eigenvalue weighted by molar-refractivity contribution is 6.42. The second-order valence-electron chi connectivity index (χ2n) is 9.98. The van der Waals surface area contributed by atoms with E-state index in [4.69, 9.17) is 33.4 Å². The van der Waals surface area contributed by atoms with E-state index in [1.165, 1.54) is 32.1 Å². The predicted molar refractivity (Wildman–Crippen MR) is 129 cm³/mol. The van der Waals surface area contributed by atoms with E-state index in [0.29, 0.717) is 22.6 Å². The van der Waals surface area contributed by atoms with Gasteiger partial charge < -0.3 is 5.32 Å². The van der Waals surface area contributed by atoms with Gasteiger partial charge in [-0.05, 0) is 73.5 Å². The molecule has 0 atom stereocenters. The third kappa shape index (κ3) is 3.98. The van der Waals surface area contributed by atoms with E-state index in [1.807, 2.05) is 24.3 Å². The van der Waals surface area contributed by atoms with Gasteiger partial charge in [0, 0.05) is 18.2 Å². The van der Waals surface area contributed by atoms with E-state index < -0.39 is 0 Å². The first-order valence-electron chi connectivity index (χ1n) is 11.8. The van der Waals surface area contributed by atoms with E-state index in [2.05, 4.69) is 29.6 Å². The minimum absolute atomic E-state index is 0.559. The van der Waals surface area contributed by atoms with Crippen LogP contribution >= 0.6 is 23.2 Å². The van der Waals surface area contributed by atoms with Crippen molar-refractivity contribution < 1.29 is 0 Å². The molecule has 3 aromatic rings. The lowest BCUT2D eigenvalue weighted by molar-refractivity contribution is -0.0143. The first-order valence-corrected chi connectivity index (χ1v) is 12.5. The summed E-state index contributed by atoms with van der Waals surface area (Å²) in [4.78, 5) is 1.79. The second-order valence-corrected chi connectivity index (χ2v) is 10.8. The number of nitrogens with zero attached hydrogens (tertiary/aromatic N) is 3. The van der Waals surface area contributed by atoms with Crippen LogP contribution in [0.5, 0.6) is 0 Å². The molecule has 4 aliphatic carbocycles. The molecule has 0 amide bonds. The number of hydrogen-bond acceptors (Lipinski definition) is 3. The Morgan fingerprint density at radius 2 is 1.56 bits per heavy atom. The average molecular weight is 467 g/mol. The van der Waals surface area contributed by atoms with E-state index in [-0.39, 0.29) is 0 Å². The molecule has 0 radical (unpaired) electrons. The summed E-state index contributed by atoms with van der Waals surface area (Å²) in [6.07, 6.45) is 7.15. The van der Waals surface area contributed by atoms with Crippen LogP contribution in [0.1, 0.15) is 43.4 Å². The Labute approximate surface area is 199 Å². The third-order valence-electron chi connectivity index (χ3n) is 7.81. The SMILES string of the molecule is Clc1ccc(Cn2nc(CNC3C4CC5CC(C4)CC3C5)c(-c3ccccc3)n2)cc1Cl. The van der Waals surface area contributed by atoms with Crippen molar-refractivity contribution in [3.8, 4) is 11.3 Å². The van der Waals surface area contributed by atoms with Crippen LogP contribution in [-0.4, -0.2) is 21.0 Å². The van der Waals surface area contributed by atoms with Gasteiger partial charge in [-0.25, -0.2) is 0 Å². The van der Waals surface area contributed by atoms with Crippen molar-refractivity contribution in [3.63, 3.8) is 0 Å². The van der Waals surface area contributed by atoms with Crippen molar-refractivity contribution >= 4 is 23.2 Å². The summed E-state index contributed by atoms with van der Waals surface area (Å²) in [7, 11) is 0. The van der Waals surface area contributed by atoms with Gasteiger partial charge in [0.2, 0.25) is 0 Å². The van der Waals surface area contributed by atoms with Gasteiger partial charge in [0.1, 0.15) is 11.4 Å². The molecule has 4 fully saturated rings. The first-order chi connectivity index (χ1) is 15.6. The van der Waals surface area contributed by atoms with Crippen molar-refractivity contribution in [1.82, 2.24) is 20.3 Å². The van der Waals surface area contributed by atoms with Crippen LogP contribution in [0.15, 0.2) is 48.5 Å². The zero-order chi connectivity index (χ0) is 21.7. The second kappa shape index (κ2) is 8.48. The molecule has 2 aromatic carbocycles. The molecule has 4 nitrogen and oxygen atoms in total. The highest BCUT2D eigenvalue weighted by atomic mass is 35.5.